The molecule has 232 valence electrons. The van der Waals surface area contributed by atoms with Gasteiger partial charge in [-0.25, -0.2) is 13.5 Å². The normalized spacial score (nSPS) is 30.3. The predicted molar refractivity (Wildman–Crippen MR) is 150 cm³/mol. The number of hydrogen-bond donors (Lipinski definition) is 1. The Balaban J connectivity index is 1.39. The van der Waals surface area contributed by atoms with Gasteiger partial charge < -0.3 is 19.6 Å². The van der Waals surface area contributed by atoms with E-state index in [1.165, 1.54) is 14.0 Å². The van der Waals surface area contributed by atoms with Crippen LogP contribution < -0.4 is 4.74 Å². The van der Waals surface area contributed by atoms with Crippen LogP contribution in [0, 0.1) is 16.7 Å². The fraction of sp³-hybridized carbons (Fsp3) is 0.633. The highest BCUT2D eigenvalue weighted by molar-refractivity contribution is 6.31. The van der Waals surface area contributed by atoms with Crippen LogP contribution in [0.15, 0.2) is 12.1 Å². The number of carbonyl (C=O) groups excluding carboxylic acids is 2. The summed E-state index contributed by atoms with van der Waals surface area (Å²) in [5, 5.41) is 18.2. The maximum Gasteiger partial charge on any atom is 0.310 e. The molecule has 6 rings (SSSR count). The van der Waals surface area contributed by atoms with Crippen LogP contribution in [0.2, 0.25) is 5.02 Å². The van der Waals surface area contributed by atoms with E-state index in [0.29, 0.717) is 35.5 Å². The highest BCUT2D eigenvalue weighted by Gasteiger charge is 2.54. The van der Waals surface area contributed by atoms with Gasteiger partial charge in [0.1, 0.15) is 23.7 Å². The zero-order valence-corrected chi connectivity index (χ0v) is 24.8. The number of hydrogen-bond acceptors (Lipinski definition) is 6. The first-order chi connectivity index (χ1) is 21.2. The Labute approximate surface area is 256 Å². The lowest BCUT2D eigenvalue weighted by atomic mass is 9.66. The van der Waals surface area contributed by atoms with Crippen molar-refractivity contribution in [3.8, 4) is 5.75 Å². The van der Waals surface area contributed by atoms with Crippen LogP contribution in [-0.2, 0) is 34.5 Å². The molecule has 3 fully saturated rings. The van der Waals surface area contributed by atoms with E-state index in [-0.39, 0.29) is 61.0 Å². The van der Waals surface area contributed by atoms with Gasteiger partial charge in [0.2, 0.25) is 11.8 Å². The molecular weight excluding hydrogens is 584 g/mol. The molecule has 2 amide bonds. The van der Waals surface area contributed by atoms with E-state index >= 15 is 0 Å². The summed E-state index contributed by atoms with van der Waals surface area (Å²) in [6.07, 6.45) is -2.30. The summed E-state index contributed by atoms with van der Waals surface area (Å²) < 4.78 is 51.2. The molecule has 43 heavy (non-hydrogen) atoms. The highest BCUT2D eigenvalue weighted by atomic mass is 35.5. The molecule has 1 aromatic carbocycles. The summed E-state index contributed by atoms with van der Waals surface area (Å²) in [5.74, 6) is -2.48. The van der Waals surface area contributed by atoms with Crippen molar-refractivity contribution in [3.63, 3.8) is 0 Å². The van der Waals surface area contributed by atoms with Gasteiger partial charge in [-0.2, -0.15) is 0 Å². The molecule has 2 saturated carbocycles. The number of fused-ring (bicyclic) bond motifs is 1. The molecule has 3 heterocycles. The lowest BCUT2D eigenvalue weighted by molar-refractivity contribution is -0.162. The third kappa shape index (κ3) is 5.25. The number of carbonyl (C=O) groups is 3. The number of carboxylic acid groups (broad SMARTS) is 1. The zero-order chi connectivity index (χ0) is 32.4. The van der Waals surface area contributed by atoms with Crippen molar-refractivity contribution in [2.75, 3.05) is 19.6 Å². The Kier molecular flexibility index (Phi) is 6.99. The summed E-state index contributed by atoms with van der Waals surface area (Å²) in [7, 11) is 1.36. The molecule has 1 N–H and O–H groups in total. The first-order valence-corrected chi connectivity index (χ1v) is 14.9. The number of halogens is 3. The second kappa shape index (κ2) is 11.0. The van der Waals surface area contributed by atoms with Crippen molar-refractivity contribution in [3.05, 3.63) is 39.7 Å². The highest BCUT2D eigenvalue weighted by Crippen LogP contribution is 2.54. The van der Waals surface area contributed by atoms with E-state index in [4.69, 9.17) is 19.1 Å². The quantitative estimate of drug-likeness (QED) is 0.454. The summed E-state index contributed by atoms with van der Waals surface area (Å²) in [5.41, 5.74) is -0.819. The van der Waals surface area contributed by atoms with Gasteiger partial charge in [0, 0.05) is 46.4 Å². The molecule has 1 spiro atoms. The second-order valence-electron chi connectivity index (χ2n) is 12.5. The van der Waals surface area contributed by atoms with Gasteiger partial charge in [0.15, 0.2) is 0 Å². The molecule has 10 nitrogen and oxygen atoms in total. The fourth-order valence-corrected chi connectivity index (χ4v) is 7.18. The van der Waals surface area contributed by atoms with Gasteiger partial charge in [0.25, 0.3) is 6.43 Å². The number of aryl methyl sites for hydroxylation is 1. The molecule has 13 heteroatoms. The van der Waals surface area contributed by atoms with Crippen LogP contribution in [-0.4, -0.2) is 67.3 Å². The number of likely N-dealkylation sites (tertiary alicyclic amines) is 1. The number of aliphatic carboxylic acids is 1. The van der Waals surface area contributed by atoms with Crippen LogP contribution in [0.4, 0.5) is 8.78 Å². The van der Waals surface area contributed by atoms with E-state index < -0.39 is 48.5 Å². The molecule has 2 aliphatic heterocycles. The summed E-state index contributed by atoms with van der Waals surface area (Å²) >= 11 is 6.68. The lowest BCUT2D eigenvalue weighted by Crippen LogP contribution is -2.52. The van der Waals surface area contributed by atoms with Crippen molar-refractivity contribution >= 4 is 29.4 Å². The molecule has 0 bridgehead atoms. The number of ether oxygens (including phenoxy) is 1. The van der Waals surface area contributed by atoms with Crippen LogP contribution in [0.25, 0.3) is 0 Å². The van der Waals surface area contributed by atoms with Crippen molar-refractivity contribution in [2.45, 2.75) is 77.3 Å². The first-order valence-electron chi connectivity index (χ1n) is 15.7. The molecule has 5 atom stereocenters. The Morgan fingerprint density at radius 1 is 1.28 bits per heavy atom. The van der Waals surface area contributed by atoms with Gasteiger partial charge in [-0.15, -0.1) is 5.10 Å². The van der Waals surface area contributed by atoms with Crippen LogP contribution in [0.3, 0.4) is 0 Å². The second-order valence-corrected chi connectivity index (χ2v) is 12.9. The van der Waals surface area contributed by atoms with E-state index in [9.17, 15) is 28.3 Å². The Morgan fingerprint density at radius 2 is 2.05 bits per heavy atom. The zero-order valence-electron chi connectivity index (χ0n) is 26.1. The van der Waals surface area contributed by atoms with Crippen molar-refractivity contribution in [1.29, 1.82) is 0 Å². The van der Waals surface area contributed by atoms with E-state index in [1.54, 1.807) is 21.9 Å². The van der Waals surface area contributed by atoms with Crippen LogP contribution in [0.1, 0.15) is 89.5 Å². The number of rotatable bonds is 8. The van der Waals surface area contributed by atoms with Gasteiger partial charge in [0.05, 0.1) is 17.4 Å². The number of aromatic nitrogens is 3. The van der Waals surface area contributed by atoms with E-state index in [2.05, 4.69) is 10.3 Å². The SMILES string of the molecule is [2H][C@@H]1C[C@@H](C(=O)N2CCc3c(Cl)ccc(OCc4nnn(C)c4C(F)F)c3[C@H]2CN2CC3(CC3)CC2=O)[C@@](C)(C(=O)O)C[C@H]1[2H]. The van der Waals surface area contributed by atoms with Gasteiger partial charge in [-0.1, -0.05) is 29.6 Å². The number of alkyl halides is 2. The summed E-state index contributed by atoms with van der Waals surface area (Å²) in [6.45, 7) is 1.97. The average molecular weight is 622 g/mol. The largest absolute Gasteiger partial charge is 0.487 e. The molecular formula is C30H36ClF2N5O5. The Morgan fingerprint density at radius 3 is 2.72 bits per heavy atom. The van der Waals surface area contributed by atoms with E-state index in [1.807, 2.05) is 0 Å². The maximum absolute atomic E-state index is 14.5. The smallest absolute Gasteiger partial charge is 0.310 e. The molecule has 4 aliphatic rings. The Hall–Kier alpha value is -3.28. The molecule has 1 aromatic heterocycles. The van der Waals surface area contributed by atoms with Gasteiger partial charge in [-0.05, 0) is 62.1 Å². The number of nitrogens with zero attached hydrogens (tertiary/aromatic N) is 5. The van der Waals surface area contributed by atoms with Gasteiger partial charge in [-0.3, -0.25) is 14.4 Å². The molecule has 1 saturated heterocycles. The number of carboxylic acids is 1. The van der Waals surface area contributed by atoms with Crippen LogP contribution >= 0.6 is 11.6 Å². The molecule has 0 unspecified atom stereocenters. The molecule has 2 aromatic rings. The van der Waals surface area contributed by atoms with Crippen LogP contribution in [0.5, 0.6) is 5.75 Å². The first kappa shape index (κ1) is 27.3. The minimum atomic E-state index is -2.83. The maximum atomic E-state index is 14.5. The number of amides is 2. The number of benzene rings is 1. The monoisotopic (exact) mass is 621 g/mol. The molecule has 2 aliphatic carbocycles. The summed E-state index contributed by atoms with van der Waals surface area (Å²) in [4.78, 5) is 43.5. The minimum absolute atomic E-state index is 0.0334. The van der Waals surface area contributed by atoms with Crippen molar-refractivity contribution in [1.82, 2.24) is 24.8 Å². The third-order valence-electron chi connectivity index (χ3n) is 9.76. The van der Waals surface area contributed by atoms with Gasteiger partial charge >= 0.3 is 5.97 Å². The lowest BCUT2D eigenvalue weighted by Gasteiger charge is -2.45. The van der Waals surface area contributed by atoms with E-state index in [0.717, 1.165) is 17.5 Å². The van der Waals surface area contributed by atoms with Crippen molar-refractivity contribution < 1.29 is 35.7 Å². The third-order valence-corrected chi connectivity index (χ3v) is 10.1. The fourth-order valence-electron chi connectivity index (χ4n) is 6.92. The van der Waals surface area contributed by atoms with Crippen molar-refractivity contribution in [2.24, 2.45) is 23.8 Å². The minimum Gasteiger partial charge on any atom is -0.487 e. The summed E-state index contributed by atoms with van der Waals surface area (Å²) in [6, 6.07) is 2.46. The average Bonchev–Trinajstić information content (AvgIpc) is 3.51. The topological polar surface area (TPSA) is 118 Å². The predicted octanol–water partition coefficient (Wildman–Crippen LogP) is 4.70. The molecule has 0 radical (unpaired) electrons. The standard InChI is InChI=1S/C30H36ClF2N5O5/c1-29(28(41)42)9-4-3-5-18(29)27(40)38-12-8-17-19(31)6-7-22(43-15-20-25(26(32)33)36(2)35-34-20)24(17)21(38)14-37-16-30(10-11-30)13-23(37)39/h6-7,18,21,26H,3-5,8-16H2,1-2H3,(H,41,42)/t18-,21+,29-/m0/s1/i3D,4D/t3-,4-,18-,21+,29-. The Bertz CT molecular complexity index is 1540.